The highest BCUT2D eigenvalue weighted by molar-refractivity contribution is 5.92. The molecule has 0 aliphatic carbocycles. The third kappa shape index (κ3) is 3.59. The summed E-state index contributed by atoms with van der Waals surface area (Å²) in [6.45, 7) is 3.50. The van der Waals surface area contributed by atoms with Crippen LogP contribution in [0.4, 0.5) is 14.5 Å². The third-order valence-corrected chi connectivity index (χ3v) is 4.15. The first-order chi connectivity index (χ1) is 11.2. The van der Waals surface area contributed by atoms with E-state index in [1.807, 2.05) is 6.07 Å². The number of nitrogens with zero attached hydrogens (tertiary/aromatic N) is 2. The number of hydrogen-bond donors (Lipinski definition) is 0. The second-order valence-electron chi connectivity index (χ2n) is 5.78. The molecule has 1 aromatic heterocycles. The third-order valence-electron chi connectivity index (χ3n) is 4.15. The smallest absolute Gasteiger partial charge is 0.152 e. The molecule has 1 fully saturated rings. The van der Waals surface area contributed by atoms with Gasteiger partial charge in [0.1, 0.15) is 11.3 Å². The van der Waals surface area contributed by atoms with E-state index < -0.39 is 11.6 Å². The summed E-state index contributed by atoms with van der Waals surface area (Å²) in [5, 5.41) is 0.519. The predicted molar refractivity (Wildman–Crippen MR) is 84.7 cm³/mol. The van der Waals surface area contributed by atoms with Crippen molar-refractivity contribution in [3.63, 3.8) is 0 Å². The molecule has 2 heterocycles. The molecule has 0 spiro atoms. The van der Waals surface area contributed by atoms with Crippen molar-refractivity contribution in [1.82, 2.24) is 4.98 Å². The fourth-order valence-corrected chi connectivity index (χ4v) is 3.02. The Labute approximate surface area is 134 Å². The van der Waals surface area contributed by atoms with Crippen LogP contribution in [-0.4, -0.2) is 45.0 Å². The number of ether oxygens (including phenoxy) is 2. The Kier molecular flexibility index (Phi) is 5.03. The van der Waals surface area contributed by atoms with Crippen molar-refractivity contribution in [2.45, 2.75) is 6.42 Å². The Balaban J connectivity index is 1.74. The first kappa shape index (κ1) is 16.1. The minimum atomic E-state index is -0.625. The number of halogens is 2. The molecule has 0 bridgehead atoms. The molecule has 124 valence electrons. The SMILES string of the molecule is COCCOCC1CCN(c2ccnc3c(F)cc(F)cc23)C1. The van der Waals surface area contributed by atoms with Crippen LogP contribution >= 0.6 is 0 Å². The largest absolute Gasteiger partial charge is 0.382 e. The lowest BCUT2D eigenvalue weighted by Gasteiger charge is -2.20. The molecule has 1 unspecified atom stereocenters. The number of rotatable bonds is 6. The van der Waals surface area contributed by atoms with Crippen molar-refractivity contribution in [3.05, 3.63) is 36.0 Å². The van der Waals surface area contributed by atoms with E-state index in [1.165, 1.54) is 6.07 Å². The summed E-state index contributed by atoms with van der Waals surface area (Å²) in [6.07, 6.45) is 2.57. The zero-order valence-electron chi connectivity index (χ0n) is 13.1. The highest BCUT2D eigenvalue weighted by Crippen LogP contribution is 2.31. The molecule has 0 radical (unpaired) electrons. The molecule has 1 saturated heterocycles. The molecule has 4 nitrogen and oxygen atoms in total. The minimum Gasteiger partial charge on any atom is -0.382 e. The average molecular weight is 322 g/mol. The van der Waals surface area contributed by atoms with Gasteiger partial charge in [0.25, 0.3) is 0 Å². The molecule has 23 heavy (non-hydrogen) atoms. The van der Waals surface area contributed by atoms with E-state index in [0.717, 1.165) is 31.3 Å². The molecule has 1 aromatic carbocycles. The van der Waals surface area contributed by atoms with Crippen molar-refractivity contribution in [1.29, 1.82) is 0 Å². The summed E-state index contributed by atoms with van der Waals surface area (Å²) in [4.78, 5) is 6.18. The van der Waals surface area contributed by atoms with E-state index in [1.54, 1.807) is 13.3 Å². The van der Waals surface area contributed by atoms with Crippen molar-refractivity contribution in [3.8, 4) is 0 Å². The quantitative estimate of drug-likeness (QED) is 0.766. The van der Waals surface area contributed by atoms with Crippen LogP contribution in [0.1, 0.15) is 6.42 Å². The summed E-state index contributed by atoms with van der Waals surface area (Å²) in [5.74, 6) is -0.795. The monoisotopic (exact) mass is 322 g/mol. The summed E-state index contributed by atoms with van der Waals surface area (Å²) in [6, 6.07) is 4.04. The lowest BCUT2D eigenvalue weighted by molar-refractivity contribution is 0.0549. The molecule has 1 atom stereocenters. The van der Waals surface area contributed by atoms with Gasteiger partial charge in [-0.2, -0.15) is 0 Å². The first-order valence-electron chi connectivity index (χ1n) is 7.74. The maximum absolute atomic E-state index is 13.9. The van der Waals surface area contributed by atoms with Crippen molar-refractivity contribution < 1.29 is 18.3 Å². The van der Waals surface area contributed by atoms with Crippen LogP contribution in [0.5, 0.6) is 0 Å². The van der Waals surface area contributed by atoms with Gasteiger partial charge in [-0.15, -0.1) is 0 Å². The van der Waals surface area contributed by atoms with E-state index in [4.69, 9.17) is 9.47 Å². The van der Waals surface area contributed by atoms with Crippen LogP contribution in [0.2, 0.25) is 0 Å². The van der Waals surface area contributed by atoms with Gasteiger partial charge in [-0.25, -0.2) is 8.78 Å². The Bertz CT molecular complexity index is 681. The van der Waals surface area contributed by atoms with Gasteiger partial charge in [0.15, 0.2) is 5.82 Å². The molecule has 0 saturated carbocycles. The number of benzene rings is 1. The topological polar surface area (TPSA) is 34.6 Å². The molecule has 1 aliphatic rings. The molecule has 0 amide bonds. The maximum Gasteiger partial charge on any atom is 0.152 e. The Morgan fingerprint density at radius 3 is 3.00 bits per heavy atom. The van der Waals surface area contributed by atoms with E-state index in [9.17, 15) is 8.78 Å². The van der Waals surface area contributed by atoms with E-state index >= 15 is 0 Å². The van der Waals surface area contributed by atoms with Gasteiger partial charge in [-0.3, -0.25) is 4.98 Å². The fourth-order valence-electron chi connectivity index (χ4n) is 3.02. The van der Waals surface area contributed by atoms with Crippen molar-refractivity contribution >= 4 is 16.6 Å². The van der Waals surface area contributed by atoms with Crippen LogP contribution < -0.4 is 4.90 Å². The molecule has 3 rings (SSSR count). The normalized spacial score (nSPS) is 18.0. The van der Waals surface area contributed by atoms with Gasteiger partial charge in [-0.1, -0.05) is 0 Å². The van der Waals surface area contributed by atoms with Crippen LogP contribution in [0, 0.1) is 17.6 Å². The second-order valence-corrected chi connectivity index (χ2v) is 5.78. The van der Waals surface area contributed by atoms with E-state index in [-0.39, 0.29) is 5.52 Å². The summed E-state index contributed by atoms with van der Waals surface area (Å²) in [5.41, 5.74) is 1.04. The number of aromatic nitrogens is 1. The first-order valence-corrected chi connectivity index (χ1v) is 7.74. The molecule has 2 aromatic rings. The zero-order valence-corrected chi connectivity index (χ0v) is 13.1. The maximum atomic E-state index is 13.9. The molecule has 6 heteroatoms. The molecule has 0 N–H and O–H groups in total. The zero-order chi connectivity index (χ0) is 16.2. The number of anilines is 1. The standard InChI is InChI=1S/C17H20F2N2O2/c1-22-6-7-23-11-12-3-5-21(10-12)16-2-4-20-17-14(16)8-13(18)9-15(17)19/h2,4,8-9,12H,3,5-7,10-11H2,1H3. The Morgan fingerprint density at radius 1 is 1.30 bits per heavy atom. The summed E-state index contributed by atoms with van der Waals surface area (Å²) >= 11 is 0. The minimum absolute atomic E-state index is 0.212. The van der Waals surface area contributed by atoms with Gasteiger partial charge >= 0.3 is 0 Å². The van der Waals surface area contributed by atoms with Gasteiger partial charge < -0.3 is 14.4 Å². The Morgan fingerprint density at radius 2 is 2.17 bits per heavy atom. The van der Waals surface area contributed by atoms with Crippen LogP contribution in [0.3, 0.4) is 0 Å². The predicted octanol–water partition coefficient (Wildman–Crippen LogP) is 3.00. The molecule has 1 aliphatic heterocycles. The number of pyridine rings is 1. The lowest BCUT2D eigenvalue weighted by Crippen LogP contribution is -2.22. The number of methoxy groups -OCH3 is 1. The van der Waals surface area contributed by atoms with Crippen molar-refractivity contribution in [2.24, 2.45) is 5.92 Å². The lowest BCUT2D eigenvalue weighted by atomic mass is 10.1. The van der Waals surface area contributed by atoms with Gasteiger partial charge in [-0.05, 0) is 18.6 Å². The highest BCUT2D eigenvalue weighted by atomic mass is 19.1. The van der Waals surface area contributed by atoms with Crippen LogP contribution in [0.25, 0.3) is 10.9 Å². The molecular formula is C17H20F2N2O2. The second kappa shape index (κ2) is 7.19. The van der Waals surface area contributed by atoms with Crippen LogP contribution in [-0.2, 0) is 9.47 Å². The van der Waals surface area contributed by atoms with Gasteiger partial charge in [0, 0.05) is 49.5 Å². The van der Waals surface area contributed by atoms with E-state index in [2.05, 4.69) is 9.88 Å². The highest BCUT2D eigenvalue weighted by Gasteiger charge is 2.24. The van der Waals surface area contributed by atoms with Crippen molar-refractivity contribution in [2.75, 3.05) is 44.9 Å². The fraction of sp³-hybridized carbons (Fsp3) is 0.471. The average Bonchev–Trinajstić information content (AvgIpc) is 3.00. The van der Waals surface area contributed by atoms with Crippen LogP contribution in [0.15, 0.2) is 24.4 Å². The molecular weight excluding hydrogens is 302 g/mol. The number of fused-ring (bicyclic) bond motifs is 1. The number of hydrogen-bond acceptors (Lipinski definition) is 4. The summed E-state index contributed by atoms with van der Waals surface area (Å²) < 4.78 is 38.0. The van der Waals surface area contributed by atoms with E-state index in [0.29, 0.717) is 31.1 Å². The summed E-state index contributed by atoms with van der Waals surface area (Å²) in [7, 11) is 1.65. The van der Waals surface area contributed by atoms with Gasteiger partial charge in [0.2, 0.25) is 0 Å². The van der Waals surface area contributed by atoms with Gasteiger partial charge in [0.05, 0.1) is 19.8 Å². The Hall–Kier alpha value is -1.79.